The smallest absolute Gasteiger partial charge is 0.243 e. The van der Waals surface area contributed by atoms with E-state index in [2.05, 4.69) is 20.3 Å². The summed E-state index contributed by atoms with van der Waals surface area (Å²) in [6.45, 7) is 4.68. The van der Waals surface area contributed by atoms with Crippen LogP contribution in [0.3, 0.4) is 0 Å². The van der Waals surface area contributed by atoms with Crippen molar-refractivity contribution in [3.63, 3.8) is 0 Å². The highest BCUT2D eigenvalue weighted by molar-refractivity contribution is 5.77. The summed E-state index contributed by atoms with van der Waals surface area (Å²) in [4.78, 5) is 38.6. The molecule has 1 saturated heterocycles. The van der Waals surface area contributed by atoms with E-state index in [1.807, 2.05) is 22.6 Å². The minimum atomic E-state index is -0.111. The lowest BCUT2D eigenvalue weighted by atomic mass is 10.1. The predicted molar refractivity (Wildman–Crippen MR) is 90.2 cm³/mol. The highest BCUT2D eigenvalue weighted by Crippen LogP contribution is 2.30. The molecule has 2 amide bonds. The Morgan fingerprint density at radius 2 is 2.20 bits per heavy atom. The molecule has 8 nitrogen and oxygen atoms in total. The molecule has 3 heterocycles. The molecule has 8 heteroatoms. The van der Waals surface area contributed by atoms with Crippen molar-refractivity contribution >= 4 is 11.8 Å². The summed E-state index contributed by atoms with van der Waals surface area (Å²) in [5.41, 5.74) is 1.47. The van der Waals surface area contributed by atoms with Gasteiger partial charge in [0.25, 0.3) is 0 Å². The SMILES string of the molecule is CC(=O)NCc1cncc([C@@H]2CCCN2C(=O)Cn2ccnc2C)n1. The molecule has 3 rings (SSSR count). The predicted octanol–water partition coefficient (Wildman–Crippen LogP) is 0.981. The van der Waals surface area contributed by atoms with Gasteiger partial charge in [-0.3, -0.25) is 19.6 Å². The van der Waals surface area contributed by atoms with Crippen LogP contribution in [0.25, 0.3) is 0 Å². The molecule has 132 valence electrons. The molecule has 2 aromatic rings. The topological polar surface area (TPSA) is 93.0 Å². The van der Waals surface area contributed by atoms with Crippen LogP contribution < -0.4 is 5.32 Å². The van der Waals surface area contributed by atoms with Crippen molar-refractivity contribution in [2.24, 2.45) is 0 Å². The van der Waals surface area contributed by atoms with Gasteiger partial charge in [-0.25, -0.2) is 4.98 Å². The maximum absolute atomic E-state index is 12.7. The van der Waals surface area contributed by atoms with Crippen LogP contribution >= 0.6 is 0 Å². The van der Waals surface area contributed by atoms with Gasteiger partial charge < -0.3 is 14.8 Å². The number of hydrogen-bond acceptors (Lipinski definition) is 5. The zero-order chi connectivity index (χ0) is 17.8. The van der Waals surface area contributed by atoms with Crippen molar-refractivity contribution in [2.75, 3.05) is 6.54 Å². The summed E-state index contributed by atoms with van der Waals surface area (Å²) in [6.07, 6.45) is 8.66. The number of amides is 2. The lowest BCUT2D eigenvalue weighted by molar-refractivity contribution is -0.132. The number of carbonyl (C=O) groups excluding carboxylic acids is 2. The summed E-state index contributed by atoms with van der Waals surface area (Å²) in [7, 11) is 0. The van der Waals surface area contributed by atoms with Crippen LogP contribution in [0, 0.1) is 6.92 Å². The molecule has 0 saturated carbocycles. The van der Waals surface area contributed by atoms with Crippen LogP contribution in [0.1, 0.15) is 43.0 Å². The van der Waals surface area contributed by atoms with Gasteiger partial charge in [0.2, 0.25) is 11.8 Å². The van der Waals surface area contributed by atoms with E-state index in [0.29, 0.717) is 12.2 Å². The summed E-state index contributed by atoms with van der Waals surface area (Å²) < 4.78 is 1.84. The second kappa shape index (κ2) is 7.42. The number of carbonyl (C=O) groups is 2. The molecular formula is C17H22N6O2. The number of aromatic nitrogens is 4. The number of aryl methyl sites for hydroxylation is 1. The van der Waals surface area contributed by atoms with Gasteiger partial charge in [0.15, 0.2) is 0 Å². The fourth-order valence-corrected chi connectivity index (χ4v) is 3.06. The number of nitrogens with zero attached hydrogens (tertiary/aromatic N) is 5. The van der Waals surface area contributed by atoms with Gasteiger partial charge in [-0.05, 0) is 19.8 Å². The fraction of sp³-hybridized carbons (Fsp3) is 0.471. The third kappa shape index (κ3) is 4.01. The van der Waals surface area contributed by atoms with Gasteiger partial charge in [-0.15, -0.1) is 0 Å². The number of imidazole rings is 1. The third-order valence-electron chi connectivity index (χ3n) is 4.37. The zero-order valence-electron chi connectivity index (χ0n) is 14.5. The van der Waals surface area contributed by atoms with E-state index < -0.39 is 0 Å². The Morgan fingerprint density at radius 3 is 2.92 bits per heavy atom. The maximum atomic E-state index is 12.7. The summed E-state index contributed by atoms with van der Waals surface area (Å²) in [5.74, 6) is 0.763. The molecule has 2 aromatic heterocycles. The Morgan fingerprint density at radius 1 is 1.36 bits per heavy atom. The van der Waals surface area contributed by atoms with E-state index in [1.165, 1.54) is 6.92 Å². The van der Waals surface area contributed by atoms with Crippen LogP contribution in [0.15, 0.2) is 24.8 Å². The standard InChI is InChI=1S/C17H22N6O2/c1-12-19-5-7-22(12)11-17(25)23-6-3-4-16(23)15-10-18-8-14(21-15)9-20-13(2)24/h5,7-8,10,16H,3-4,6,9,11H2,1-2H3,(H,20,24)/t16-/m0/s1. The van der Waals surface area contributed by atoms with E-state index in [1.54, 1.807) is 18.6 Å². The molecule has 0 radical (unpaired) electrons. The Bertz CT molecular complexity index is 772. The first-order valence-corrected chi connectivity index (χ1v) is 8.37. The quantitative estimate of drug-likeness (QED) is 0.874. The minimum absolute atomic E-state index is 0.0534. The first-order chi connectivity index (χ1) is 12.0. The molecular weight excluding hydrogens is 320 g/mol. The van der Waals surface area contributed by atoms with Gasteiger partial charge in [-0.1, -0.05) is 0 Å². The van der Waals surface area contributed by atoms with Crippen molar-refractivity contribution < 1.29 is 9.59 Å². The molecule has 0 bridgehead atoms. The summed E-state index contributed by atoms with van der Waals surface area (Å²) >= 11 is 0. The average Bonchev–Trinajstić information content (AvgIpc) is 3.23. The van der Waals surface area contributed by atoms with Crippen molar-refractivity contribution in [1.82, 2.24) is 29.7 Å². The Balaban J connectivity index is 1.72. The molecule has 1 N–H and O–H groups in total. The first kappa shape index (κ1) is 17.1. The van der Waals surface area contributed by atoms with E-state index in [-0.39, 0.29) is 24.4 Å². The Hall–Kier alpha value is -2.77. The zero-order valence-corrected chi connectivity index (χ0v) is 14.5. The van der Waals surface area contributed by atoms with Gasteiger partial charge >= 0.3 is 0 Å². The van der Waals surface area contributed by atoms with Crippen LogP contribution in [0.4, 0.5) is 0 Å². The van der Waals surface area contributed by atoms with Crippen molar-refractivity contribution in [3.8, 4) is 0 Å². The number of nitrogens with one attached hydrogen (secondary N) is 1. The van der Waals surface area contributed by atoms with Crippen LogP contribution in [-0.4, -0.2) is 42.8 Å². The summed E-state index contributed by atoms with van der Waals surface area (Å²) in [5, 5.41) is 2.72. The van der Waals surface area contributed by atoms with Crippen molar-refractivity contribution in [3.05, 3.63) is 42.0 Å². The van der Waals surface area contributed by atoms with Gasteiger partial charge in [0.05, 0.1) is 36.4 Å². The summed E-state index contributed by atoms with van der Waals surface area (Å²) in [6, 6.07) is -0.0684. The monoisotopic (exact) mass is 342 g/mol. The second-order valence-corrected chi connectivity index (χ2v) is 6.19. The number of likely N-dealkylation sites (tertiary alicyclic amines) is 1. The molecule has 0 unspecified atom stereocenters. The second-order valence-electron chi connectivity index (χ2n) is 6.19. The molecule has 0 aliphatic carbocycles. The molecule has 0 spiro atoms. The van der Waals surface area contributed by atoms with Crippen molar-refractivity contribution in [1.29, 1.82) is 0 Å². The Kier molecular flexibility index (Phi) is 5.06. The first-order valence-electron chi connectivity index (χ1n) is 8.37. The molecule has 1 aliphatic heterocycles. The highest BCUT2D eigenvalue weighted by atomic mass is 16.2. The average molecular weight is 342 g/mol. The molecule has 25 heavy (non-hydrogen) atoms. The van der Waals surface area contributed by atoms with Crippen LogP contribution in [-0.2, 0) is 22.7 Å². The van der Waals surface area contributed by atoms with E-state index in [0.717, 1.165) is 30.9 Å². The minimum Gasteiger partial charge on any atom is -0.351 e. The van der Waals surface area contributed by atoms with Crippen molar-refractivity contribution in [2.45, 2.75) is 45.8 Å². The highest BCUT2D eigenvalue weighted by Gasteiger charge is 2.31. The number of hydrogen-bond donors (Lipinski definition) is 1. The number of rotatable bonds is 5. The van der Waals surface area contributed by atoms with Gasteiger partial charge in [-0.2, -0.15) is 0 Å². The molecule has 0 aromatic carbocycles. The lowest BCUT2D eigenvalue weighted by Crippen LogP contribution is -2.34. The largest absolute Gasteiger partial charge is 0.351 e. The van der Waals surface area contributed by atoms with E-state index in [9.17, 15) is 9.59 Å². The molecule has 1 aliphatic rings. The van der Waals surface area contributed by atoms with E-state index >= 15 is 0 Å². The lowest BCUT2D eigenvalue weighted by Gasteiger charge is -2.24. The van der Waals surface area contributed by atoms with Crippen LogP contribution in [0.2, 0.25) is 0 Å². The van der Waals surface area contributed by atoms with Crippen LogP contribution in [0.5, 0.6) is 0 Å². The van der Waals surface area contributed by atoms with Gasteiger partial charge in [0, 0.05) is 25.9 Å². The van der Waals surface area contributed by atoms with E-state index in [4.69, 9.17) is 0 Å². The maximum Gasteiger partial charge on any atom is 0.243 e. The third-order valence-corrected chi connectivity index (χ3v) is 4.37. The molecule has 1 fully saturated rings. The van der Waals surface area contributed by atoms with Gasteiger partial charge in [0.1, 0.15) is 12.4 Å². The Labute approximate surface area is 146 Å². The normalized spacial score (nSPS) is 16.9. The molecule has 1 atom stereocenters. The fourth-order valence-electron chi connectivity index (χ4n) is 3.06.